The normalized spacial score (nSPS) is 10.3. The highest BCUT2D eigenvalue weighted by molar-refractivity contribution is 5.90. The van der Waals surface area contributed by atoms with Crippen molar-refractivity contribution in [1.82, 2.24) is 9.78 Å². The molecular formula is C14H17N3O2. The molecule has 0 spiro atoms. The second kappa shape index (κ2) is 5.56. The van der Waals surface area contributed by atoms with E-state index in [4.69, 9.17) is 4.74 Å². The molecule has 0 unspecified atom stereocenters. The Balaban J connectivity index is 2.07. The van der Waals surface area contributed by atoms with E-state index in [1.165, 1.54) is 7.11 Å². The van der Waals surface area contributed by atoms with Gasteiger partial charge in [0.2, 0.25) is 0 Å². The standard InChI is InChI=1S/C14H17N3O2/c1-10-12(9-16-17(10)2)8-15-13-6-4-5-11(7-13)14(18)19-3/h4-7,9,15H,8H2,1-3H3. The number of anilines is 1. The van der Waals surface area contributed by atoms with Crippen LogP contribution in [0, 0.1) is 6.92 Å². The van der Waals surface area contributed by atoms with E-state index < -0.39 is 0 Å². The van der Waals surface area contributed by atoms with Crippen molar-refractivity contribution in [3.63, 3.8) is 0 Å². The van der Waals surface area contributed by atoms with Crippen LogP contribution in [0.3, 0.4) is 0 Å². The highest BCUT2D eigenvalue weighted by Gasteiger charge is 2.06. The van der Waals surface area contributed by atoms with Crippen molar-refractivity contribution in [2.75, 3.05) is 12.4 Å². The number of methoxy groups -OCH3 is 1. The topological polar surface area (TPSA) is 56.1 Å². The van der Waals surface area contributed by atoms with Gasteiger partial charge in [-0.25, -0.2) is 4.79 Å². The predicted octanol–water partition coefficient (Wildman–Crippen LogP) is 2.13. The molecule has 0 aliphatic heterocycles. The molecule has 100 valence electrons. The highest BCUT2D eigenvalue weighted by atomic mass is 16.5. The van der Waals surface area contributed by atoms with E-state index >= 15 is 0 Å². The average molecular weight is 259 g/mol. The first-order chi connectivity index (χ1) is 9.11. The lowest BCUT2D eigenvalue weighted by molar-refractivity contribution is 0.0601. The van der Waals surface area contributed by atoms with E-state index in [9.17, 15) is 4.79 Å². The molecule has 0 fully saturated rings. The quantitative estimate of drug-likeness (QED) is 0.855. The molecular weight excluding hydrogens is 242 g/mol. The second-order valence-corrected chi connectivity index (χ2v) is 4.30. The largest absolute Gasteiger partial charge is 0.465 e. The molecule has 0 atom stereocenters. The van der Waals surface area contributed by atoms with Gasteiger partial charge in [-0.15, -0.1) is 0 Å². The summed E-state index contributed by atoms with van der Waals surface area (Å²) in [5.74, 6) is -0.332. The van der Waals surface area contributed by atoms with Gasteiger partial charge in [0.15, 0.2) is 0 Å². The number of aryl methyl sites for hydroxylation is 1. The van der Waals surface area contributed by atoms with E-state index in [1.807, 2.05) is 37.0 Å². The molecule has 1 N–H and O–H groups in total. The van der Waals surface area contributed by atoms with Gasteiger partial charge in [0.25, 0.3) is 0 Å². The fourth-order valence-electron chi connectivity index (χ4n) is 1.79. The van der Waals surface area contributed by atoms with Gasteiger partial charge in [-0.1, -0.05) is 6.07 Å². The SMILES string of the molecule is COC(=O)c1cccc(NCc2cnn(C)c2C)c1. The van der Waals surface area contributed by atoms with Crippen LogP contribution in [0.25, 0.3) is 0 Å². The van der Waals surface area contributed by atoms with E-state index in [2.05, 4.69) is 10.4 Å². The zero-order valence-corrected chi connectivity index (χ0v) is 11.3. The summed E-state index contributed by atoms with van der Waals surface area (Å²) in [6.45, 7) is 2.69. The van der Waals surface area contributed by atoms with Crippen LogP contribution in [0.15, 0.2) is 30.5 Å². The molecule has 0 aliphatic rings. The second-order valence-electron chi connectivity index (χ2n) is 4.30. The maximum atomic E-state index is 11.4. The molecule has 0 saturated heterocycles. The molecule has 0 bridgehead atoms. The van der Waals surface area contributed by atoms with Crippen molar-refractivity contribution in [2.24, 2.45) is 7.05 Å². The number of ether oxygens (including phenoxy) is 1. The molecule has 19 heavy (non-hydrogen) atoms. The summed E-state index contributed by atoms with van der Waals surface area (Å²) in [4.78, 5) is 11.4. The Morgan fingerprint density at radius 1 is 1.47 bits per heavy atom. The number of rotatable bonds is 4. The van der Waals surface area contributed by atoms with Crippen molar-refractivity contribution in [2.45, 2.75) is 13.5 Å². The monoisotopic (exact) mass is 259 g/mol. The Morgan fingerprint density at radius 2 is 2.26 bits per heavy atom. The van der Waals surface area contributed by atoms with Crippen molar-refractivity contribution in [3.8, 4) is 0 Å². The Bertz CT molecular complexity index is 590. The maximum Gasteiger partial charge on any atom is 0.337 e. The number of hydrogen-bond acceptors (Lipinski definition) is 4. The number of hydrogen-bond donors (Lipinski definition) is 1. The molecule has 1 heterocycles. The van der Waals surface area contributed by atoms with Gasteiger partial charge < -0.3 is 10.1 Å². The lowest BCUT2D eigenvalue weighted by Gasteiger charge is -2.07. The first-order valence-electron chi connectivity index (χ1n) is 6.01. The van der Waals surface area contributed by atoms with Crippen LogP contribution in [0.1, 0.15) is 21.6 Å². The summed E-state index contributed by atoms with van der Waals surface area (Å²) in [6, 6.07) is 7.24. The highest BCUT2D eigenvalue weighted by Crippen LogP contribution is 2.14. The third kappa shape index (κ3) is 2.93. The van der Waals surface area contributed by atoms with Crippen molar-refractivity contribution in [1.29, 1.82) is 0 Å². The van der Waals surface area contributed by atoms with Gasteiger partial charge in [-0.2, -0.15) is 5.10 Å². The molecule has 0 aliphatic carbocycles. The van der Waals surface area contributed by atoms with Crippen LogP contribution in [-0.2, 0) is 18.3 Å². The van der Waals surface area contributed by atoms with Crippen LogP contribution in [0.5, 0.6) is 0 Å². The molecule has 2 aromatic rings. The fraction of sp³-hybridized carbons (Fsp3) is 0.286. The zero-order chi connectivity index (χ0) is 13.8. The number of carbonyl (C=O) groups excluding carboxylic acids is 1. The number of aromatic nitrogens is 2. The molecule has 0 amide bonds. The number of benzene rings is 1. The Labute approximate surface area is 112 Å². The number of nitrogens with zero attached hydrogens (tertiary/aromatic N) is 2. The summed E-state index contributed by atoms with van der Waals surface area (Å²) in [5, 5.41) is 7.46. The minimum absolute atomic E-state index is 0.332. The lowest BCUT2D eigenvalue weighted by atomic mass is 10.2. The maximum absolute atomic E-state index is 11.4. The molecule has 1 aromatic carbocycles. The third-order valence-corrected chi connectivity index (χ3v) is 3.10. The number of carbonyl (C=O) groups is 1. The smallest absolute Gasteiger partial charge is 0.337 e. The Hall–Kier alpha value is -2.30. The summed E-state index contributed by atoms with van der Waals surface area (Å²) >= 11 is 0. The summed E-state index contributed by atoms with van der Waals surface area (Å²) in [5.41, 5.74) is 3.67. The van der Waals surface area contributed by atoms with Crippen LogP contribution < -0.4 is 5.32 Å². The average Bonchev–Trinajstić information content (AvgIpc) is 2.76. The van der Waals surface area contributed by atoms with Crippen molar-refractivity contribution >= 4 is 11.7 Å². The summed E-state index contributed by atoms with van der Waals surface area (Å²) in [6.07, 6.45) is 1.84. The number of nitrogens with one attached hydrogen (secondary N) is 1. The molecule has 0 radical (unpaired) electrons. The minimum Gasteiger partial charge on any atom is -0.465 e. The number of esters is 1. The zero-order valence-electron chi connectivity index (χ0n) is 11.3. The molecule has 0 saturated carbocycles. The van der Waals surface area contributed by atoms with Crippen molar-refractivity contribution < 1.29 is 9.53 Å². The van der Waals surface area contributed by atoms with Crippen LogP contribution >= 0.6 is 0 Å². The first-order valence-corrected chi connectivity index (χ1v) is 6.01. The molecule has 5 heteroatoms. The van der Waals surface area contributed by atoms with Gasteiger partial charge in [0, 0.05) is 30.5 Å². The van der Waals surface area contributed by atoms with Gasteiger partial charge >= 0.3 is 5.97 Å². The summed E-state index contributed by atoms with van der Waals surface area (Å²) < 4.78 is 6.53. The van der Waals surface area contributed by atoms with Gasteiger partial charge in [-0.3, -0.25) is 4.68 Å². The van der Waals surface area contributed by atoms with Gasteiger partial charge in [0.1, 0.15) is 0 Å². The van der Waals surface area contributed by atoms with E-state index in [-0.39, 0.29) is 5.97 Å². The lowest BCUT2D eigenvalue weighted by Crippen LogP contribution is -2.04. The van der Waals surface area contributed by atoms with E-state index in [0.717, 1.165) is 16.9 Å². The molecule has 5 nitrogen and oxygen atoms in total. The fourth-order valence-corrected chi connectivity index (χ4v) is 1.79. The Kier molecular flexibility index (Phi) is 3.85. The Morgan fingerprint density at radius 3 is 2.89 bits per heavy atom. The molecule has 1 aromatic heterocycles. The minimum atomic E-state index is -0.332. The van der Waals surface area contributed by atoms with Gasteiger partial charge in [0.05, 0.1) is 18.9 Å². The van der Waals surface area contributed by atoms with E-state index in [1.54, 1.807) is 12.1 Å². The van der Waals surface area contributed by atoms with Gasteiger partial charge in [-0.05, 0) is 25.1 Å². The van der Waals surface area contributed by atoms with E-state index in [0.29, 0.717) is 12.1 Å². The predicted molar refractivity (Wildman–Crippen MR) is 73.1 cm³/mol. The molecule has 2 rings (SSSR count). The van der Waals surface area contributed by atoms with Crippen molar-refractivity contribution in [3.05, 3.63) is 47.3 Å². The third-order valence-electron chi connectivity index (χ3n) is 3.10. The summed E-state index contributed by atoms with van der Waals surface area (Å²) in [7, 11) is 3.29. The first kappa shape index (κ1) is 13.1. The van der Waals surface area contributed by atoms with Crippen LogP contribution in [-0.4, -0.2) is 22.9 Å². The van der Waals surface area contributed by atoms with Crippen LogP contribution in [0.4, 0.5) is 5.69 Å². The van der Waals surface area contributed by atoms with Crippen LogP contribution in [0.2, 0.25) is 0 Å².